The van der Waals surface area contributed by atoms with Crippen LogP contribution in [0.2, 0.25) is 0 Å². The van der Waals surface area contributed by atoms with E-state index in [1.54, 1.807) is 18.2 Å². The molecule has 0 aliphatic heterocycles. The van der Waals surface area contributed by atoms with Crippen molar-refractivity contribution < 1.29 is 14.6 Å². The summed E-state index contributed by atoms with van der Waals surface area (Å²) in [5, 5.41) is 23.5. The van der Waals surface area contributed by atoms with Crippen molar-refractivity contribution in [3.05, 3.63) is 83.9 Å². The summed E-state index contributed by atoms with van der Waals surface area (Å²) in [4.78, 5) is 12.4. The largest absolute Gasteiger partial charge is 0.504 e. The molecule has 1 amide bonds. The first kappa shape index (κ1) is 24.0. The van der Waals surface area contributed by atoms with Crippen LogP contribution in [-0.2, 0) is 4.79 Å². The second-order valence-corrected chi connectivity index (χ2v) is 8.49. The predicted octanol–water partition coefficient (Wildman–Crippen LogP) is 4.59. The monoisotopic (exact) mass is 487 g/mol. The molecule has 3 aromatic carbocycles. The predicted molar refractivity (Wildman–Crippen MR) is 137 cm³/mol. The summed E-state index contributed by atoms with van der Waals surface area (Å²) >= 11 is 1.26. The van der Waals surface area contributed by atoms with E-state index >= 15 is 0 Å². The number of nitrogens with one attached hydrogen (secondary N) is 1. The van der Waals surface area contributed by atoms with Crippen molar-refractivity contribution >= 4 is 23.9 Å². The maximum Gasteiger partial charge on any atom is 0.250 e. The first-order chi connectivity index (χ1) is 17.1. The van der Waals surface area contributed by atoms with Crippen molar-refractivity contribution in [2.45, 2.75) is 19.0 Å². The van der Waals surface area contributed by atoms with Crippen LogP contribution in [-0.4, -0.2) is 44.4 Å². The lowest BCUT2D eigenvalue weighted by atomic mass is 10.1. The Balaban J connectivity index is 1.47. The molecular weight excluding hydrogens is 462 g/mol. The molecule has 8 nitrogen and oxygen atoms in total. The van der Waals surface area contributed by atoms with Crippen LogP contribution in [0.5, 0.6) is 11.5 Å². The maximum absolute atomic E-state index is 12.4. The normalized spacial score (nSPS) is 11.0. The zero-order valence-corrected chi connectivity index (χ0v) is 20.2. The fourth-order valence-electron chi connectivity index (χ4n) is 3.31. The minimum atomic E-state index is -0.314. The maximum atomic E-state index is 12.4. The van der Waals surface area contributed by atoms with Crippen LogP contribution in [0.1, 0.15) is 18.1 Å². The summed E-state index contributed by atoms with van der Waals surface area (Å²) in [5.74, 6) is 0.804. The Morgan fingerprint density at radius 2 is 1.86 bits per heavy atom. The molecule has 0 bridgehead atoms. The molecule has 4 aromatic rings. The van der Waals surface area contributed by atoms with Crippen molar-refractivity contribution in [3.63, 3.8) is 0 Å². The molecule has 35 heavy (non-hydrogen) atoms. The van der Waals surface area contributed by atoms with Gasteiger partial charge in [-0.2, -0.15) is 5.10 Å². The van der Waals surface area contributed by atoms with Crippen LogP contribution in [0.3, 0.4) is 0 Å². The molecule has 9 heteroatoms. The van der Waals surface area contributed by atoms with Gasteiger partial charge in [0.05, 0.1) is 18.6 Å². The van der Waals surface area contributed by atoms with E-state index in [-0.39, 0.29) is 17.4 Å². The van der Waals surface area contributed by atoms with Crippen LogP contribution < -0.4 is 10.2 Å². The van der Waals surface area contributed by atoms with Gasteiger partial charge in [-0.3, -0.25) is 9.36 Å². The summed E-state index contributed by atoms with van der Waals surface area (Å²) in [6, 6.07) is 22.9. The van der Waals surface area contributed by atoms with Gasteiger partial charge >= 0.3 is 0 Å². The smallest absolute Gasteiger partial charge is 0.250 e. The third-order valence-electron chi connectivity index (χ3n) is 5.01. The number of aromatic nitrogens is 3. The Labute approximate surface area is 207 Å². The Kier molecular flexibility index (Phi) is 7.79. The molecule has 0 saturated carbocycles. The topological polar surface area (TPSA) is 102 Å². The van der Waals surface area contributed by atoms with Crippen LogP contribution in [0.15, 0.2) is 83.1 Å². The number of carbonyl (C=O) groups excluding carboxylic acids is 1. The molecule has 0 unspecified atom stereocenters. The van der Waals surface area contributed by atoms with Gasteiger partial charge in [0.1, 0.15) is 0 Å². The average Bonchev–Trinajstić information content (AvgIpc) is 3.30. The zero-order valence-electron chi connectivity index (χ0n) is 19.4. The molecule has 0 aliphatic carbocycles. The highest BCUT2D eigenvalue weighted by Gasteiger charge is 2.17. The zero-order chi connectivity index (χ0) is 24.6. The van der Waals surface area contributed by atoms with E-state index in [0.29, 0.717) is 28.9 Å². The molecule has 0 spiro atoms. The Morgan fingerprint density at radius 3 is 2.60 bits per heavy atom. The molecule has 1 heterocycles. The quantitative estimate of drug-likeness (QED) is 0.203. The van der Waals surface area contributed by atoms with E-state index in [2.05, 4.69) is 20.7 Å². The number of carbonyl (C=O) groups is 1. The summed E-state index contributed by atoms with van der Waals surface area (Å²) in [5.41, 5.74) is 5.92. The average molecular weight is 488 g/mol. The van der Waals surface area contributed by atoms with Gasteiger partial charge in [0.25, 0.3) is 5.91 Å². The van der Waals surface area contributed by atoms with Crippen molar-refractivity contribution in [1.82, 2.24) is 20.2 Å². The number of phenolic OH excluding ortho intramolecular Hbond substituents is 1. The Morgan fingerprint density at radius 1 is 1.09 bits per heavy atom. The van der Waals surface area contributed by atoms with Crippen molar-refractivity contribution in [2.24, 2.45) is 5.10 Å². The highest BCUT2D eigenvalue weighted by atomic mass is 32.2. The Bertz CT molecular complexity index is 1320. The second-order valence-electron chi connectivity index (χ2n) is 7.55. The van der Waals surface area contributed by atoms with Gasteiger partial charge in [-0.05, 0) is 38.1 Å². The number of benzene rings is 3. The van der Waals surface area contributed by atoms with Crippen molar-refractivity contribution in [3.8, 4) is 28.6 Å². The third kappa shape index (κ3) is 5.88. The minimum absolute atomic E-state index is 0.0266. The number of hydrogen-bond donors (Lipinski definition) is 2. The number of aromatic hydroxyl groups is 1. The Hall–Kier alpha value is -4.11. The lowest BCUT2D eigenvalue weighted by Gasteiger charge is -2.10. The first-order valence-electron chi connectivity index (χ1n) is 11.0. The molecule has 0 radical (unpaired) electrons. The van der Waals surface area contributed by atoms with Crippen molar-refractivity contribution in [2.75, 3.05) is 12.4 Å². The number of phenols is 1. The number of amides is 1. The van der Waals surface area contributed by atoms with Gasteiger partial charge in [0.2, 0.25) is 0 Å². The number of hydrazone groups is 1. The first-order valence-corrected chi connectivity index (χ1v) is 12.0. The van der Waals surface area contributed by atoms with E-state index in [1.807, 2.05) is 73.0 Å². The number of nitrogens with zero attached hydrogens (tertiary/aromatic N) is 4. The molecule has 4 rings (SSSR count). The number of aryl methyl sites for hydroxylation is 1. The molecule has 0 aliphatic rings. The summed E-state index contributed by atoms with van der Waals surface area (Å²) in [6.07, 6.45) is 1.38. The third-order valence-corrected chi connectivity index (χ3v) is 5.94. The van der Waals surface area contributed by atoms with E-state index in [4.69, 9.17) is 4.74 Å². The second kappa shape index (κ2) is 11.3. The van der Waals surface area contributed by atoms with Gasteiger partial charge in [0, 0.05) is 16.8 Å². The summed E-state index contributed by atoms with van der Waals surface area (Å²) in [7, 11) is 0. The minimum Gasteiger partial charge on any atom is -0.504 e. The fraction of sp³-hybridized carbons (Fsp3) is 0.154. The highest BCUT2D eigenvalue weighted by Crippen LogP contribution is 2.29. The SMILES string of the molecule is CCOc1cccc(/C=N\NC(=O)CSc2nnc(-c3ccc(C)cc3)n2-c2ccccc2)c1O. The molecule has 0 saturated heterocycles. The summed E-state index contributed by atoms with van der Waals surface area (Å²) in [6.45, 7) is 4.30. The summed E-state index contributed by atoms with van der Waals surface area (Å²) < 4.78 is 7.30. The van der Waals surface area contributed by atoms with Gasteiger partial charge in [-0.15, -0.1) is 10.2 Å². The van der Waals surface area contributed by atoms with Crippen molar-refractivity contribution in [1.29, 1.82) is 0 Å². The van der Waals surface area contributed by atoms with E-state index < -0.39 is 0 Å². The van der Waals surface area contributed by atoms with Gasteiger partial charge in [-0.1, -0.05) is 65.9 Å². The lowest BCUT2D eigenvalue weighted by Crippen LogP contribution is -2.20. The fourth-order valence-corrected chi connectivity index (χ4v) is 4.06. The van der Waals surface area contributed by atoms with Crippen LogP contribution >= 0.6 is 11.8 Å². The molecule has 1 aromatic heterocycles. The molecule has 0 fully saturated rings. The number of para-hydroxylation sites is 2. The lowest BCUT2D eigenvalue weighted by molar-refractivity contribution is -0.118. The van der Waals surface area contributed by atoms with E-state index in [0.717, 1.165) is 16.8 Å². The number of thioether (sulfide) groups is 1. The van der Waals surface area contributed by atoms with Gasteiger partial charge in [0.15, 0.2) is 22.5 Å². The number of hydrogen-bond acceptors (Lipinski definition) is 7. The van der Waals surface area contributed by atoms with Gasteiger partial charge in [-0.25, -0.2) is 5.43 Å². The van der Waals surface area contributed by atoms with Gasteiger partial charge < -0.3 is 9.84 Å². The van der Waals surface area contributed by atoms with Crippen LogP contribution in [0, 0.1) is 6.92 Å². The number of ether oxygens (including phenoxy) is 1. The van der Waals surface area contributed by atoms with E-state index in [1.165, 1.54) is 18.0 Å². The van der Waals surface area contributed by atoms with E-state index in [9.17, 15) is 9.90 Å². The highest BCUT2D eigenvalue weighted by molar-refractivity contribution is 7.99. The standard InChI is InChI=1S/C26H25N5O3S/c1-3-34-22-11-7-8-20(24(22)33)16-27-28-23(32)17-35-26-30-29-25(19-14-12-18(2)13-15-19)31(26)21-9-5-4-6-10-21/h4-16,33H,3,17H2,1-2H3,(H,28,32)/b27-16-. The molecule has 2 N–H and O–H groups in total. The molecular formula is C26H25N5O3S. The van der Waals surface area contributed by atoms with Crippen LogP contribution in [0.4, 0.5) is 0 Å². The number of rotatable bonds is 9. The van der Waals surface area contributed by atoms with Crippen LogP contribution in [0.25, 0.3) is 17.1 Å². The molecule has 0 atom stereocenters. The molecule has 178 valence electrons.